The summed E-state index contributed by atoms with van der Waals surface area (Å²) in [4.78, 5) is 46.7. The van der Waals surface area contributed by atoms with E-state index in [9.17, 15) is 14.4 Å². The molecule has 11 heteroatoms. The molecule has 0 saturated carbocycles. The van der Waals surface area contributed by atoms with E-state index in [4.69, 9.17) is 9.73 Å². The van der Waals surface area contributed by atoms with Crippen molar-refractivity contribution in [3.05, 3.63) is 58.8 Å². The molecule has 0 aromatic heterocycles. The Balaban J connectivity index is 1.98. The third-order valence-electron chi connectivity index (χ3n) is 8.16. The number of allylic oxidation sites excluding steroid dienone is 1. The molecule has 0 bridgehead atoms. The van der Waals surface area contributed by atoms with Crippen molar-refractivity contribution < 1.29 is 19.1 Å². The highest BCUT2D eigenvalue weighted by Crippen LogP contribution is 2.17. The molecule has 2 rings (SSSR count). The number of hydrogen-bond acceptors (Lipinski definition) is 7. The molecule has 1 aromatic rings. The van der Waals surface area contributed by atoms with Crippen molar-refractivity contribution in [2.24, 2.45) is 22.7 Å². The Kier molecular flexibility index (Phi) is 17.7. The summed E-state index contributed by atoms with van der Waals surface area (Å²) in [6.07, 6.45) is 5.98. The first-order valence-electron chi connectivity index (χ1n) is 17.0. The molecule has 0 aliphatic carbocycles. The summed E-state index contributed by atoms with van der Waals surface area (Å²) in [5, 5.41) is 14.7. The lowest BCUT2D eigenvalue weighted by molar-refractivity contribution is -0.124. The highest BCUT2D eigenvalue weighted by Gasteiger charge is 2.27. The summed E-state index contributed by atoms with van der Waals surface area (Å²) in [6, 6.07) is 11.2. The molecule has 0 spiro atoms. The van der Waals surface area contributed by atoms with E-state index in [1.807, 2.05) is 64.1 Å². The van der Waals surface area contributed by atoms with Crippen LogP contribution in [-0.2, 0) is 16.0 Å². The van der Waals surface area contributed by atoms with E-state index < -0.39 is 12.1 Å². The Bertz CT molecular complexity index is 1350. The van der Waals surface area contributed by atoms with Crippen molar-refractivity contribution in [2.75, 3.05) is 20.2 Å². The summed E-state index contributed by atoms with van der Waals surface area (Å²) in [5.74, 6) is 0.280. The van der Waals surface area contributed by atoms with E-state index >= 15 is 0 Å². The number of urea groups is 1. The van der Waals surface area contributed by atoms with Crippen LogP contribution in [0.5, 0.6) is 0 Å². The second-order valence-corrected chi connectivity index (χ2v) is 13.9. The molecule has 264 valence electrons. The summed E-state index contributed by atoms with van der Waals surface area (Å²) in [6.45, 7) is 16.7. The first kappa shape index (κ1) is 40.3. The van der Waals surface area contributed by atoms with Gasteiger partial charge in [-0.15, -0.1) is 0 Å². The van der Waals surface area contributed by atoms with Crippen LogP contribution in [0.25, 0.3) is 0 Å². The Morgan fingerprint density at radius 3 is 2.33 bits per heavy atom. The first-order valence-corrected chi connectivity index (χ1v) is 17.8. The lowest BCUT2D eigenvalue weighted by Crippen LogP contribution is -2.54. The van der Waals surface area contributed by atoms with Crippen LogP contribution in [0.4, 0.5) is 9.59 Å². The quantitative estimate of drug-likeness (QED) is 0.105. The van der Waals surface area contributed by atoms with Gasteiger partial charge in [-0.05, 0) is 79.9 Å². The summed E-state index contributed by atoms with van der Waals surface area (Å²) >= 11 is 1.32. The van der Waals surface area contributed by atoms with Gasteiger partial charge >= 0.3 is 12.1 Å². The molecular formula is C37H56N6O4S. The van der Waals surface area contributed by atoms with Gasteiger partial charge in [0.25, 0.3) is 0 Å². The van der Waals surface area contributed by atoms with E-state index in [0.29, 0.717) is 37.6 Å². The van der Waals surface area contributed by atoms with Crippen LogP contribution in [0.15, 0.2) is 58.2 Å². The van der Waals surface area contributed by atoms with Gasteiger partial charge in [-0.2, -0.15) is 0 Å². The number of likely N-dealkylation sites (N-methyl/N-ethyl adjacent to an activating group) is 1. The van der Waals surface area contributed by atoms with Gasteiger partial charge in [0.2, 0.25) is 5.91 Å². The molecule has 0 saturated heterocycles. The monoisotopic (exact) mass is 680 g/mol. The number of nitrogens with one attached hydrogen (secondary N) is 4. The topological polar surface area (TPSA) is 124 Å². The normalized spacial score (nSPS) is 15.6. The van der Waals surface area contributed by atoms with Crippen LogP contribution < -0.4 is 21.3 Å². The van der Waals surface area contributed by atoms with E-state index in [0.717, 1.165) is 28.3 Å². The summed E-state index contributed by atoms with van der Waals surface area (Å²) in [5.41, 5.74) is 3.02. The maximum atomic E-state index is 13.4. The summed E-state index contributed by atoms with van der Waals surface area (Å²) in [7, 11) is 1.71. The standard InChI is InChI=1S/C37H56N6O4S/c1-10-27(7)33(25(3)4)40-30(11-2)23-43(9)36(45)42-34(26(5)6)35(44)39-28(8)17-18-31(21-29-15-13-12-14-16-29)41-37(46)47-24-32-22-38-19-20-48-32/h11-16,22,25-28,31,34,38H,10,17-18,21,23-24H2,1-9H3,(H,39,44)(H,41,46)(H,42,45)/b30-11-,40-33?. The number of carbonyl (C=O) groups excluding carboxylic acids is 3. The fourth-order valence-electron chi connectivity index (χ4n) is 5.13. The largest absolute Gasteiger partial charge is 0.444 e. The van der Waals surface area contributed by atoms with Crippen molar-refractivity contribution in [1.82, 2.24) is 26.2 Å². The lowest BCUT2D eigenvalue weighted by Gasteiger charge is -2.27. The Morgan fingerprint density at radius 2 is 1.75 bits per heavy atom. The predicted molar refractivity (Wildman–Crippen MR) is 197 cm³/mol. The average molecular weight is 681 g/mol. The number of amides is 4. The average Bonchev–Trinajstić information content (AvgIpc) is 3.06. The number of hydrogen-bond donors (Lipinski definition) is 4. The van der Waals surface area contributed by atoms with Crippen molar-refractivity contribution >= 4 is 35.5 Å². The molecule has 10 nitrogen and oxygen atoms in total. The van der Waals surface area contributed by atoms with Crippen LogP contribution in [0.1, 0.15) is 80.2 Å². The van der Waals surface area contributed by atoms with Gasteiger partial charge in [0.05, 0.1) is 17.1 Å². The molecule has 0 radical (unpaired) electrons. The zero-order valence-corrected chi connectivity index (χ0v) is 31.0. The van der Waals surface area contributed by atoms with Gasteiger partial charge in [-0.25, -0.2) is 9.59 Å². The smallest absolute Gasteiger partial charge is 0.407 e. The highest BCUT2D eigenvalue weighted by atomic mass is 32.2. The maximum absolute atomic E-state index is 13.4. The zero-order chi connectivity index (χ0) is 35.6. The molecule has 1 aromatic carbocycles. The highest BCUT2D eigenvalue weighted by molar-refractivity contribution is 8.07. The predicted octanol–water partition coefficient (Wildman–Crippen LogP) is 6.42. The second-order valence-electron chi connectivity index (χ2n) is 13.0. The van der Waals surface area contributed by atoms with Gasteiger partial charge in [-0.3, -0.25) is 9.79 Å². The minimum Gasteiger partial charge on any atom is -0.444 e. The minimum absolute atomic E-state index is 0.125. The first-order chi connectivity index (χ1) is 22.8. The molecule has 4 atom stereocenters. The fourth-order valence-corrected chi connectivity index (χ4v) is 5.61. The molecule has 4 amide bonds. The Hall–Kier alpha value is -3.91. The van der Waals surface area contributed by atoms with Gasteiger partial charge in [-0.1, -0.05) is 78.0 Å². The van der Waals surface area contributed by atoms with E-state index in [1.54, 1.807) is 18.1 Å². The number of rotatable bonds is 18. The van der Waals surface area contributed by atoms with Crippen molar-refractivity contribution in [3.8, 4) is 11.3 Å². The number of nitrogens with zero attached hydrogens (tertiary/aromatic N) is 2. The van der Waals surface area contributed by atoms with Crippen LogP contribution in [0.3, 0.4) is 0 Å². The maximum Gasteiger partial charge on any atom is 0.407 e. The van der Waals surface area contributed by atoms with E-state index in [2.05, 4.69) is 60.3 Å². The lowest BCUT2D eigenvalue weighted by atomic mass is 9.93. The molecule has 0 fully saturated rings. The van der Waals surface area contributed by atoms with Crippen LogP contribution in [0.2, 0.25) is 0 Å². The van der Waals surface area contributed by atoms with Crippen molar-refractivity contribution in [1.29, 1.82) is 0 Å². The van der Waals surface area contributed by atoms with Gasteiger partial charge in [0, 0.05) is 37.1 Å². The van der Waals surface area contributed by atoms with Crippen molar-refractivity contribution in [2.45, 2.75) is 99.2 Å². The van der Waals surface area contributed by atoms with Gasteiger partial charge in [0.1, 0.15) is 12.6 Å². The third-order valence-corrected chi connectivity index (χ3v) is 8.86. The minimum atomic E-state index is -0.717. The van der Waals surface area contributed by atoms with Gasteiger partial charge < -0.3 is 30.9 Å². The number of alkyl carbamates (subject to hydrolysis) is 1. The number of carbonyl (C=O) groups is 3. The molecule has 4 unspecified atom stereocenters. The molecule has 4 N–H and O–H groups in total. The molecule has 48 heavy (non-hydrogen) atoms. The SMILES string of the molecule is C/C=C(/CN(C)C(=O)NC(C(=O)NC(C)CCC(Cc1ccccc1)NC(=O)OCC1=CNC#CS1)C(C)C)N=C(C(C)C)C(C)CC. The Morgan fingerprint density at radius 1 is 1.04 bits per heavy atom. The van der Waals surface area contributed by atoms with Crippen LogP contribution in [-0.4, -0.2) is 67.0 Å². The van der Waals surface area contributed by atoms with Crippen LogP contribution in [0, 0.1) is 29.1 Å². The zero-order valence-electron chi connectivity index (χ0n) is 30.2. The van der Waals surface area contributed by atoms with E-state index in [1.165, 1.54) is 11.8 Å². The van der Waals surface area contributed by atoms with Crippen LogP contribution >= 0.6 is 11.8 Å². The van der Waals surface area contributed by atoms with Crippen molar-refractivity contribution in [3.63, 3.8) is 0 Å². The number of benzene rings is 1. The third kappa shape index (κ3) is 14.5. The van der Waals surface area contributed by atoms with Gasteiger partial charge in [0.15, 0.2) is 0 Å². The number of aliphatic imine (C=N–C) groups is 1. The number of thioether (sulfide) groups is 1. The fraction of sp³-hybridized carbons (Fsp3) is 0.568. The number of ether oxygens (including phenoxy) is 1. The summed E-state index contributed by atoms with van der Waals surface area (Å²) < 4.78 is 5.44. The molecule has 1 aliphatic rings. The molecular weight excluding hydrogens is 625 g/mol. The molecule has 1 heterocycles. The Labute approximate surface area is 292 Å². The van der Waals surface area contributed by atoms with E-state index in [-0.39, 0.29) is 36.5 Å². The molecule has 1 aliphatic heterocycles. The second kappa shape index (κ2) is 21.1.